The second kappa shape index (κ2) is 6.56. The van der Waals surface area contributed by atoms with Crippen LogP contribution in [0.5, 0.6) is 0 Å². The van der Waals surface area contributed by atoms with Crippen molar-refractivity contribution in [3.05, 3.63) is 60.2 Å². The number of para-hydroxylation sites is 2. The zero-order valence-corrected chi connectivity index (χ0v) is 10.5. The molecule has 0 heterocycles. The van der Waals surface area contributed by atoms with Gasteiger partial charge < -0.3 is 15.8 Å². The van der Waals surface area contributed by atoms with Gasteiger partial charge in [-0.1, -0.05) is 42.5 Å². The van der Waals surface area contributed by atoms with Crippen LogP contribution in [-0.4, -0.2) is 12.5 Å². The first-order valence-electron chi connectivity index (χ1n) is 6.02. The number of carbonyl (C=O) groups is 1. The Morgan fingerprint density at radius 2 is 1.74 bits per heavy atom. The van der Waals surface area contributed by atoms with Gasteiger partial charge in [0.25, 0.3) is 0 Å². The number of nitrogens with one attached hydrogen (secondary N) is 1. The molecule has 3 N–H and O–H groups in total. The molecule has 0 saturated heterocycles. The number of hydrogen-bond donors (Lipinski definition) is 2. The molecule has 0 saturated carbocycles. The van der Waals surface area contributed by atoms with Crippen molar-refractivity contribution in [1.82, 2.24) is 0 Å². The van der Waals surface area contributed by atoms with Crippen molar-refractivity contribution in [2.24, 2.45) is 0 Å². The zero-order valence-electron chi connectivity index (χ0n) is 10.5. The molecule has 19 heavy (non-hydrogen) atoms. The summed E-state index contributed by atoms with van der Waals surface area (Å²) < 4.78 is 5.34. The summed E-state index contributed by atoms with van der Waals surface area (Å²) in [6, 6.07) is 16.8. The molecule has 4 heteroatoms. The summed E-state index contributed by atoms with van der Waals surface area (Å²) in [5, 5.41) is 2.71. The minimum Gasteiger partial charge on any atom is -0.397 e. The maximum absolute atomic E-state index is 11.7. The van der Waals surface area contributed by atoms with Gasteiger partial charge in [0.1, 0.15) is 6.61 Å². The van der Waals surface area contributed by atoms with Crippen molar-refractivity contribution >= 4 is 17.3 Å². The van der Waals surface area contributed by atoms with Crippen molar-refractivity contribution in [2.45, 2.75) is 6.61 Å². The molecule has 0 fully saturated rings. The summed E-state index contributed by atoms with van der Waals surface area (Å²) in [4.78, 5) is 11.7. The highest BCUT2D eigenvalue weighted by Gasteiger charge is 2.04. The maximum atomic E-state index is 11.7. The van der Waals surface area contributed by atoms with E-state index >= 15 is 0 Å². The molecule has 0 aliphatic rings. The fourth-order valence-corrected chi connectivity index (χ4v) is 1.63. The quantitative estimate of drug-likeness (QED) is 0.807. The van der Waals surface area contributed by atoms with Crippen molar-refractivity contribution in [3.63, 3.8) is 0 Å². The molecule has 0 aliphatic carbocycles. The van der Waals surface area contributed by atoms with Gasteiger partial charge in [0.05, 0.1) is 18.0 Å². The number of amides is 1. The molecule has 2 aromatic rings. The molecule has 0 aromatic heterocycles. The summed E-state index contributed by atoms with van der Waals surface area (Å²) in [6.07, 6.45) is 0. The summed E-state index contributed by atoms with van der Waals surface area (Å²) in [6.45, 7) is 0.418. The van der Waals surface area contributed by atoms with E-state index in [1.54, 1.807) is 12.1 Å². The predicted octanol–water partition coefficient (Wildman–Crippen LogP) is 2.42. The number of benzene rings is 2. The largest absolute Gasteiger partial charge is 0.397 e. The van der Waals surface area contributed by atoms with E-state index in [0.717, 1.165) is 5.56 Å². The molecule has 4 nitrogen and oxygen atoms in total. The van der Waals surface area contributed by atoms with Gasteiger partial charge in [0, 0.05) is 0 Å². The van der Waals surface area contributed by atoms with Gasteiger partial charge >= 0.3 is 0 Å². The van der Waals surface area contributed by atoms with Crippen LogP contribution >= 0.6 is 0 Å². The fraction of sp³-hybridized carbons (Fsp3) is 0.133. The lowest BCUT2D eigenvalue weighted by Crippen LogP contribution is -2.18. The average Bonchev–Trinajstić information content (AvgIpc) is 2.43. The Balaban J connectivity index is 1.78. The molecule has 0 aliphatic heterocycles. The Kier molecular flexibility index (Phi) is 4.53. The first-order valence-corrected chi connectivity index (χ1v) is 6.02. The van der Waals surface area contributed by atoms with Crippen LogP contribution in [0.15, 0.2) is 54.6 Å². The zero-order chi connectivity index (χ0) is 13.5. The van der Waals surface area contributed by atoms with Crippen LogP contribution in [-0.2, 0) is 16.1 Å². The summed E-state index contributed by atoms with van der Waals surface area (Å²) in [7, 11) is 0. The molecule has 2 aromatic carbocycles. The Morgan fingerprint density at radius 3 is 2.47 bits per heavy atom. The number of carbonyl (C=O) groups excluding carboxylic acids is 1. The van der Waals surface area contributed by atoms with E-state index in [4.69, 9.17) is 10.5 Å². The molecule has 0 bridgehead atoms. The van der Waals surface area contributed by atoms with E-state index in [-0.39, 0.29) is 12.5 Å². The van der Waals surface area contributed by atoms with Crippen molar-refractivity contribution in [3.8, 4) is 0 Å². The third-order valence-corrected chi connectivity index (χ3v) is 2.58. The number of nitrogens with two attached hydrogens (primary N) is 1. The lowest BCUT2D eigenvalue weighted by molar-refractivity contribution is -0.121. The van der Waals surface area contributed by atoms with Gasteiger partial charge in [0.2, 0.25) is 5.91 Å². The first-order chi connectivity index (χ1) is 9.25. The second-order valence-electron chi connectivity index (χ2n) is 4.11. The standard InChI is InChI=1S/C15H16N2O2/c16-13-8-4-5-9-14(13)17-15(18)11-19-10-12-6-2-1-3-7-12/h1-9H,10-11,16H2,(H,17,18). The van der Waals surface area contributed by atoms with Crippen LogP contribution in [0.3, 0.4) is 0 Å². The fourth-order valence-electron chi connectivity index (χ4n) is 1.63. The van der Waals surface area contributed by atoms with Gasteiger partial charge in [0.15, 0.2) is 0 Å². The molecule has 0 atom stereocenters. The van der Waals surface area contributed by atoms with Gasteiger partial charge in [-0.2, -0.15) is 0 Å². The molecule has 0 unspecified atom stereocenters. The highest BCUT2D eigenvalue weighted by Crippen LogP contribution is 2.16. The lowest BCUT2D eigenvalue weighted by atomic mass is 10.2. The predicted molar refractivity (Wildman–Crippen MR) is 75.6 cm³/mol. The van der Waals surface area contributed by atoms with Crippen molar-refractivity contribution < 1.29 is 9.53 Å². The summed E-state index contributed by atoms with van der Waals surface area (Å²) in [5.41, 5.74) is 7.92. The van der Waals surface area contributed by atoms with Gasteiger partial charge in [-0.05, 0) is 17.7 Å². The molecule has 0 spiro atoms. The number of ether oxygens (including phenoxy) is 1. The Bertz CT molecular complexity index is 541. The number of rotatable bonds is 5. The first kappa shape index (κ1) is 13.1. The Labute approximate surface area is 112 Å². The minimum atomic E-state index is -0.214. The van der Waals surface area contributed by atoms with Gasteiger partial charge in [-0.3, -0.25) is 4.79 Å². The van der Waals surface area contributed by atoms with Crippen LogP contribution in [0.1, 0.15) is 5.56 Å². The highest BCUT2D eigenvalue weighted by atomic mass is 16.5. The normalized spacial score (nSPS) is 10.1. The molecule has 1 amide bonds. The van der Waals surface area contributed by atoms with E-state index in [9.17, 15) is 4.79 Å². The van der Waals surface area contributed by atoms with E-state index in [1.165, 1.54) is 0 Å². The summed E-state index contributed by atoms with van der Waals surface area (Å²) >= 11 is 0. The Hall–Kier alpha value is -2.33. The molecular weight excluding hydrogens is 240 g/mol. The van der Waals surface area contributed by atoms with Crippen molar-refractivity contribution in [1.29, 1.82) is 0 Å². The van der Waals surface area contributed by atoms with Gasteiger partial charge in [-0.15, -0.1) is 0 Å². The maximum Gasteiger partial charge on any atom is 0.250 e. The van der Waals surface area contributed by atoms with E-state index in [1.807, 2.05) is 42.5 Å². The van der Waals surface area contributed by atoms with E-state index < -0.39 is 0 Å². The molecule has 0 radical (unpaired) electrons. The third kappa shape index (κ3) is 4.12. The highest BCUT2D eigenvalue weighted by molar-refractivity contribution is 5.94. The Morgan fingerprint density at radius 1 is 1.05 bits per heavy atom. The SMILES string of the molecule is Nc1ccccc1NC(=O)COCc1ccccc1. The summed E-state index contributed by atoms with van der Waals surface area (Å²) in [5.74, 6) is -0.214. The molecule has 98 valence electrons. The lowest BCUT2D eigenvalue weighted by Gasteiger charge is -2.08. The number of nitrogen functional groups attached to an aromatic ring is 1. The van der Waals surface area contributed by atoms with Crippen LogP contribution < -0.4 is 11.1 Å². The van der Waals surface area contributed by atoms with Crippen LogP contribution in [0.2, 0.25) is 0 Å². The minimum absolute atomic E-state index is 0.00320. The van der Waals surface area contributed by atoms with Crippen molar-refractivity contribution in [2.75, 3.05) is 17.7 Å². The second-order valence-corrected chi connectivity index (χ2v) is 4.11. The van der Waals surface area contributed by atoms with Crippen LogP contribution in [0, 0.1) is 0 Å². The molecule has 2 rings (SSSR count). The average molecular weight is 256 g/mol. The van der Waals surface area contributed by atoms with Gasteiger partial charge in [-0.25, -0.2) is 0 Å². The topological polar surface area (TPSA) is 64.3 Å². The monoisotopic (exact) mass is 256 g/mol. The smallest absolute Gasteiger partial charge is 0.250 e. The van der Waals surface area contributed by atoms with Crippen LogP contribution in [0.4, 0.5) is 11.4 Å². The van der Waals surface area contributed by atoms with Crippen LogP contribution in [0.25, 0.3) is 0 Å². The number of anilines is 2. The van der Waals surface area contributed by atoms with E-state index in [2.05, 4.69) is 5.32 Å². The third-order valence-electron chi connectivity index (χ3n) is 2.58. The molecular formula is C15H16N2O2. The van der Waals surface area contributed by atoms with E-state index in [0.29, 0.717) is 18.0 Å². The number of hydrogen-bond acceptors (Lipinski definition) is 3.